The first-order valence-electron chi connectivity index (χ1n) is 7.58. The van der Waals surface area contributed by atoms with Crippen LogP contribution in [0.25, 0.3) is 0 Å². The maximum absolute atomic E-state index is 12.2. The molecule has 1 amide bonds. The molecule has 22 heavy (non-hydrogen) atoms. The number of likely N-dealkylation sites (N-methyl/N-ethyl adjacent to an activating group) is 1. The maximum atomic E-state index is 12.2. The molecule has 1 aromatic carbocycles. The number of halogens is 1. The van der Waals surface area contributed by atoms with Crippen LogP contribution in [-0.2, 0) is 11.3 Å². The highest BCUT2D eigenvalue weighted by molar-refractivity contribution is 5.85. The Hall–Kier alpha value is -1.30. The second-order valence-corrected chi connectivity index (χ2v) is 5.38. The number of benzene rings is 1. The number of hydrogen-bond donors (Lipinski definition) is 1. The van der Waals surface area contributed by atoms with Crippen LogP contribution in [0.2, 0.25) is 0 Å². The Bertz CT molecular complexity index is 447. The van der Waals surface area contributed by atoms with E-state index >= 15 is 0 Å². The van der Waals surface area contributed by atoms with Gasteiger partial charge in [0.25, 0.3) is 0 Å². The molecule has 0 unspecified atom stereocenters. The van der Waals surface area contributed by atoms with Gasteiger partial charge in [-0.1, -0.05) is 12.1 Å². The third-order valence-electron chi connectivity index (χ3n) is 3.56. The van der Waals surface area contributed by atoms with E-state index in [9.17, 15) is 4.79 Å². The molecule has 1 aliphatic rings. The first-order valence-corrected chi connectivity index (χ1v) is 7.58. The number of carbonyl (C=O) groups is 1. The summed E-state index contributed by atoms with van der Waals surface area (Å²) in [6, 6.07) is 8.06. The van der Waals surface area contributed by atoms with Crippen LogP contribution in [0.15, 0.2) is 24.3 Å². The lowest BCUT2D eigenvalue weighted by atomic mass is 10.2. The van der Waals surface area contributed by atoms with Gasteiger partial charge in [0.2, 0.25) is 5.91 Å². The molecule has 0 radical (unpaired) electrons. The van der Waals surface area contributed by atoms with Gasteiger partial charge in [0.15, 0.2) is 0 Å². The molecule has 0 bridgehead atoms. The van der Waals surface area contributed by atoms with E-state index in [0.717, 1.165) is 38.5 Å². The van der Waals surface area contributed by atoms with Crippen molar-refractivity contribution in [1.29, 1.82) is 0 Å². The molecule has 5 nitrogen and oxygen atoms in total. The molecule has 1 heterocycles. The average Bonchev–Trinajstić information content (AvgIpc) is 2.50. The van der Waals surface area contributed by atoms with Crippen molar-refractivity contribution >= 4 is 18.3 Å². The third kappa shape index (κ3) is 5.83. The van der Waals surface area contributed by atoms with E-state index in [2.05, 4.69) is 22.3 Å². The first kappa shape index (κ1) is 18.7. The minimum atomic E-state index is 0. The van der Waals surface area contributed by atoms with E-state index in [-0.39, 0.29) is 18.3 Å². The Labute approximate surface area is 139 Å². The second kappa shape index (κ2) is 9.66. The largest absolute Gasteiger partial charge is 0.494 e. The number of piperazine rings is 1. The zero-order valence-electron chi connectivity index (χ0n) is 13.4. The van der Waals surface area contributed by atoms with Crippen molar-refractivity contribution in [3.63, 3.8) is 0 Å². The van der Waals surface area contributed by atoms with Crippen molar-refractivity contribution in [2.24, 2.45) is 0 Å². The van der Waals surface area contributed by atoms with E-state index < -0.39 is 0 Å². The molecule has 6 heteroatoms. The highest BCUT2D eigenvalue weighted by Gasteiger charge is 2.17. The maximum Gasteiger partial charge on any atom is 0.236 e. The number of amides is 1. The molecule has 0 atom stereocenters. The van der Waals surface area contributed by atoms with Crippen LogP contribution < -0.4 is 10.1 Å². The van der Waals surface area contributed by atoms with Crippen LogP contribution in [0.5, 0.6) is 5.75 Å². The van der Waals surface area contributed by atoms with Crippen LogP contribution in [0.4, 0.5) is 0 Å². The lowest BCUT2D eigenvalue weighted by Gasteiger charge is -2.29. The van der Waals surface area contributed by atoms with Crippen molar-refractivity contribution < 1.29 is 9.53 Å². The van der Waals surface area contributed by atoms with Gasteiger partial charge in [-0.3, -0.25) is 9.69 Å². The van der Waals surface area contributed by atoms with Crippen LogP contribution in [0.3, 0.4) is 0 Å². The fourth-order valence-corrected chi connectivity index (χ4v) is 2.47. The monoisotopic (exact) mass is 327 g/mol. The Kier molecular flexibility index (Phi) is 8.24. The minimum Gasteiger partial charge on any atom is -0.494 e. The van der Waals surface area contributed by atoms with Gasteiger partial charge in [0.1, 0.15) is 5.75 Å². The summed E-state index contributed by atoms with van der Waals surface area (Å²) in [5, 5.41) is 3.26. The predicted octanol–water partition coefficient (Wildman–Crippen LogP) is 1.37. The average molecular weight is 328 g/mol. The molecule has 1 N–H and O–H groups in total. The van der Waals surface area contributed by atoms with E-state index in [1.165, 1.54) is 5.56 Å². The lowest BCUT2D eigenvalue weighted by molar-refractivity contribution is -0.132. The summed E-state index contributed by atoms with van der Waals surface area (Å²) in [7, 11) is 1.98. The first-order chi connectivity index (χ1) is 10.2. The summed E-state index contributed by atoms with van der Waals surface area (Å²) in [5.41, 5.74) is 1.19. The standard InChI is InChI=1S/C16H25N3O2.ClH/c1-3-21-15-6-4-14(5-7-15)12-18(2)13-16(20)19-10-8-17-9-11-19;/h4-7,17H,3,8-13H2,1-2H3;1H. The summed E-state index contributed by atoms with van der Waals surface area (Å²) in [6.07, 6.45) is 0. The molecule has 124 valence electrons. The van der Waals surface area contributed by atoms with E-state index in [4.69, 9.17) is 4.74 Å². The predicted molar refractivity (Wildman–Crippen MR) is 90.6 cm³/mol. The Morgan fingerprint density at radius 1 is 1.27 bits per heavy atom. The molecule has 0 spiro atoms. The number of nitrogens with one attached hydrogen (secondary N) is 1. The summed E-state index contributed by atoms with van der Waals surface area (Å²) in [4.78, 5) is 16.2. The van der Waals surface area contributed by atoms with Gasteiger partial charge >= 0.3 is 0 Å². The number of rotatable bonds is 6. The van der Waals surface area contributed by atoms with Gasteiger partial charge in [-0.05, 0) is 31.7 Å². The molecule has 1 aliphatic heterocycles. The molecular weight excluding hydrogens is 302 g/mol. The minimum absolute atomic E-state index is 0. The van der Waals surface area contributed by atoms with Crippen LogP contribution in [-0.4, -0.2) is 62.1 Å². The van der Waals surface area contributed by atoms with Gasteiger partial charge in [0, 0.05) is 32.7 Å². The Morgan fingerprint density at radius 2 is 1.91 bits per heavy atom. The summed E-state index contributed by atoms with van der Waals surface area (Å²) < 4.78 is 5.43. The molecular formula is C16H26ClN3O2. The third-order valence-corrected chi connectivity index (χ3v) is 3.56. The van der Waals surface area contributed by atoms with Gasteiger partial charge < -0.3 is 15.0 Å². The molecule has 1 aromatic rings. The van der Waals surface area contributed by atoms with Crippen molar-refractivity contribution in [3.8, 4) is 5.75 Å². The Balaban J connectivity index is 0.00000242. The zero-order valence-corrected chi connectivity index (χ0v) is 14.2. The highest BCUT2D eigenvalue weighted by Crippen LogP contribution is 2.13. The molecule has 1 saturated heterocycles. The quantitative estimate of drug-likeness (QED) is 0.857. The lowest BCUT2D eigenvalue weighted by Crippen LogP contribution is -2.49. The van der Waals surface area contributed by atoms with E-state index in [0.29, 0.717) is 13.2 Å². The number of carbonyl (C=O) groups excluding carboxylic acids is 1. The van der Waals surface area contributed by atoms with Gasteiger partial charge in [-0.2, -0.15) is 0 Å². The van der Waals surface area contributed by atoms with Crippen LogP contribution in [0, 0.1) is 0 Å². The SMILES string of the molecule is CCOc1ccc(CN(C)CC(=O)N2CCNCC2)cc1.Cl. The second-order valence-electron chi connectivity index (χ2n) is 5.38. The Morgan fingerprint density at radius 3 is 2.50 bits per heavy atom. The topological polar surface area (TPSA) is 44.8 Å². The molecule has 2 rings (SSSR count). The molecule has 1 fully saturated rings. The number of hydrogen-bond acceptors (Lipinski definition) is 4. The zero-order chi connectivity index (χ0) is 15.1. The molecule has 0 aliphatic carbocycles. The van der Waals surface area contributed by atoms with Crippen molar-refractivity contribution in [3.05, 3.63) is 29.8 Å². The summed E-state index contributed by atoms with van der Waals surface area (Å²) in [6.45, 7) is 7.31. The van der Waals surface area contributed by atoms with Crippen molar-refractivity contribution in [2.75, 3.05) is 46.4 Å². The fourth-order valence-electron chi connectivity index (χ4n) is 2.47. The van der Waals surface area contributed by atoms with Crippen LogP contribution in [0.1, 0.15) is 12.5 Å². The number of nitrogens with zero attached hydrogens (tertiary/aromatic N) is 2. The van der Waals surface area contributed by atoms with Gasteiger partial charge in [-0.15, -0.1) is 12.4 Å². The fraction of sp³-hybridized carbons (Fsp3) is 0.562. The summed E-state index contributed by atoms with van der Waals surface area (Å²) in [5.74, 6) is 1.10. The number of ether oxygens (including phenoxy) is 1. The van der Waals surface area contributed by atoms with E-state index in [1.54, 1.807) is 0 Å². The van der Waals surface area contributed by atoms with E-state index in [1.807, 2.05) is 31.0 Å². The van der Waals surface area contributed by atoms with Crippen molar-refractivity contribution in [2.45, 2.75) is 13.5 Å². The van der Waals surface area contributed by atoms with Gasteiger partial charge in [-0.25, -0.2) is 0 Å². The van der Waals surface area contributed by atoms with Crippen LogP contribution >= 0.6 is 12.4 Å². The summed E-state index contributed by atoms with van der Waals surface area (Å²) >= 11 is 0. The van der Waals surface area contributed by atoms with Crippen molar-refractivity contribution in [1.82, 2.24) is 15.1 Å². The molecule has 0 saturated carbocycles. The van der Waals surface area contributed by atoms with Gasteiger partial charge in [0.05, 0.1) is 13.2 Å². The molecule has 0 aromatic heterocycles. The normalized spacial score (nSPS) is 14.6. The smallest absolute Gasteiger partial charge is 0.236 e. The highest BCUT2D eigenvalue weighted by atomic mass is 35.5.